The summed E-state index contributed by atoms with van der Waals surface area (Å²) in [4.78, 5) is 17.8. The Morgan fingerprint density at radius 3 is 2.75 bits per heavy atom. The van der Waals surface area contributed by atoms with Gasteiger partial charge in [0.1, 0.15) is 5.82 Å². The molecule has 3 aliphatic rings. The number of H-pyrrole nitrogens is 1. The molecule has 84 valence electrons. The molecule has 3 saturated carbocycles. The lowest BCUT2D eigenvalue weighted by atomic mass is 10.0. The first-order valence-electron chi connectivity index (χ1n) is 6.14. The first-order valence-corrected chi connectivity index (χ1v) is 6.14. The molecule has 0 aromatic carbocycles. The summed E-state index contributed by atoms with van der Waals surface area (Å²) in [5, 5.41) is 3.43. The standard InChI is InChI=1S/C12H15N3O/c16-9-4-8(13-5-14-9)15-12-10-6-1-2-7(3-6)11(10)12/h4-7,10-12H,1-3H2,(H2,13,14,15,16). The van der Waals surface area contributed by atoms with Gasteiger partial charge in [0.05, 0.1) is 6.33 Å². The third-order valence-electron chi connectivity index (χ3n) is 4.73. The van der Waals surface area contributed by atoms with Gasteiger partial charge < -0.3 is 10.3 Å². The van der Waals surface area contributed by atoms with Crippen LogP contribution in [-0.2, 0) is 0 Å². The number of hydrogen-bond acceptors (Lipinski definition) is 3. The van der Waals surface area contributed by atoms with E-state index in [0.717, 1.165) is 29.5 Å². The maximum absolute atomic E-state index is 11.1. The number of aromatic amines is 1. The number of nitrogens with one attached hydrogen (secondary N) is 2. The first kappa shape index (κ1) is 8.79. The third-order valence-corrected chi connectivity index (χ3v) is 4.73. The molecule has 0 spiro atoms. The van der Waals surface area contributed by atoms with Crippen LogP contribution in [0.25, 0.3) is 0 Å². The van der Waals surface area contributed by atoms with Gasteiger partial charge in [-0.25, -0.2) is 4.98 Å². The summed E-state index contributed by atoms with van der Waals surface area (Å²) < 4.78 is 0. The molecule has 16 heavy (non-hydrogen) atoms. The van der Waals surface area contributed by atoms with E-state index in [1.54, 1.807) is 6.07 Å². The molecule has 4 unspecified atom stereocenters. The van der Waals surface area contributed by atoms with E-state index < -0.39 is 0 Å². The lowest BCUT2D eigenvalue weighted by molar-refractivity contribution is 0.456. The van der Waals surface area contributed by atoms with Crippen LogP contribution in [-0.4, -0.2) is 16.0 Å². The van der Waals surface area contributed by atoms with E-state index in [4.69, 9.17) is 0 Å². The number of rotatable bonds is 2. The minimum absolute atomic E-state index is 0.0775. The molecule has 1 aromatic rings. The summed E-state index contributed by atoms with van der Waals surface area (Å²) in [6.07, 6.45) is 5.77. The predicted molar refractivity (Wildman–Crippen MR) is 60.1 cm³/mol. The highest BCUT2D eigenvalue weighted by molar-refractivity contribution is 5.38. The smallest absolute Gasteiger partial charge is 0.252 e. The molecule has 4 nitrogen and oxygen atoms in total. The van der Waals surface area contributed by atoms with E-state index in [9.17, 15) is 4.79 Å². The highest BCUT2D eigenvalue weighted by atomic mass is 16.1. The molecule has 0 aliphatic heterocycles. The van der Waals surface area contributed by atoms with Crippen LogP contribution >= 0.6 is 0 Å². The van der Waals surface area contributed by atoms with E-state index in [0.29, 0.717) is 6.04 Å². The van der Waals surface area contributed by atoms with E-state index in [1.807, 2.05) is 0 Å². The fourth-order valence-corrected chi connectivity index (χ4v) is 4.14. The normalized spacial score (nSPS) is 43.1. The molecule has 4 heteroatoms. The van der Waals surface area contributed by atoms with Crippen LogP contribution in [0, 0.1) is 23.7 Å². The number of hydrogen-bond donors (Lipinski definition) is 2. The van der Waals surface area contributed by atoms with E-state index in [-0.39, 0.29) is 5.56 Å². The van der Waals surface area contributed by atoms with Gasteiger partial charge in [-0.1, -0.05) is 0 Å². The lowest BCUT2D eigenvalue weighted by Gasteiger charge is -2.10. The molecular weight excluding hydrogens is 202 g/mol. The average Bonchev–Trinajstić information content (AvgIpc) is 2.70. The highest BCUT2D eigenvalue weighted by Crippen LogP contribution is 2.66. The van der Waals surface area contributed by atoms with Crippen molar-refractivity contribution in [2.75, 3.05) is 5.32 Å². The molecule has 2 bridgehead atoms. The van der Waals surface area contributed by atoms with Crippen LogP contribution in [0.2, 0.25) is 0 Å². The van der Waals surface area contributed by atoms with Crippen molar-refractivity contribution >= 4 is 5.82 Å². The van der Waals surface area contributed by atoms with Crippen LogP contribution in [0.5, 0.6) is 0 Å². The van der Waals surface area contributed by atoms with E-state index >= 15 is 0 Å². The van der Waals surface area contributed by atoms with Crippen LogP contribution in [0.15, 0.2) is 17.2 Å². The summed E-state index contributed by atoms with van der Waals surface area (Å²) in [6, 6.07) is 2.15. The van der Waals surface area contributed by atoms with Gasteiger partial charge in [0, 0.05) is 12.1 Å². The van der Waals surface area contributed by atoms with Gasteiger partial charge in [0.15, 0.2) is 0 Å². The zero-order chi connectivity index (χ0) is 10.7. The zero-order valence-electron chi connectivity index (χ0n) is 9.02. The van der Waals surface area contributed by atoms with Crippen molar-refractivity contribution in [1.82, 2.24) is 9.97 Å². The fourth-order valence-electron chi connectivity index (χ4n) is 4.14. The Hall–Kier alpha value is -1.32. The van der Waals surface area contributed by atoms with Gasteiger partial charge in [-0.15, -0.1) is 0 Å². The van der Waals surface area contributed by atoms with Gasteiger partial charge >= 0.3 is 0 Å². The Bertz CT molecular complexity index is 467. The number of aromatic nitrogens is 2. The Kier molecular flexibility index (Phi) is 1.58. The average molecular weight is 217 g/mol. The van der Waals surface area contributed by atoms with Crippen molar-refractivity contribution < 1.29 is 0 Å². The topological polar surface area (TPSA) is 57.8 Å². The molecule has 1 heterocycles. The summed E-state index contributed by atoms with van der Waals surface area (Å²) in [6.45, 7) is 0. The second-order valence-corrected chi connectivity index (χ2v) is 5.45. The van der Waals surface area contributed by atoms with Crippen molar-refractivity contribution in [2.24, 2.45) is 23.7 Å². The monoisotopic (exact) mass is 217 g/mol. The predicted octanol–water partition coefficient (Wildman–Crippen LogP) is 1.23. The van der Waals surface area contributed by atoms with Gasteiger partial charge in [-0.3, -0.25) is 4.79 Å². The third kappa shape index (κ3) is 1.10. The summed E-state index contributed by atoms with van der Waals surface area (Å²) in [7, 11) is 0. The van der Waals surface area contributed by atoms with Crippen LogP contribution in [0.1, 0.15) is 19.3 Å². The van der Waals surface area contributed by atoms with E-state index in [1.165, 1.54) is 25.6 Å². The Labute approximate surface area is 93.5 Å². The van der Waals surface area contributed by atoms with E-state index in [2.05, 4.69) is 15.3 Å². The SMILES string of the molecule is O=c1cc(NC2C3C4CCC(C4)C23)nc[nH]1. The minimum atomic E-state index is -0.0775. The van der Waals surface area contributed by atoms with Crippen molar-refractivity contribution in [1.29, 1.82) is 0 Å². The molecule has 0 radical (unpaired) electrons. The number of anilines is 1. The Morgan fingerprint density at radius 2 is 2.06 bits per heavy atom. The molecule has 3 fully saturated rings. The molecule has 0 saturated heterocycles. The molecule has 4 rings (SSSR count). The van der Waals surface area contributed by atoms with Crippen LogP contribution in [0.4, 0.5) is 5.82 Å². The molecule has 4 atom stereocenters. The van der Waals surface area contributed by atoms with Crippen molar-refractivity contribution in [3.8, 4) is 0 Å². The van der Waals surface area contributed by atoms with Crippen LogP contribution in [0.3, 0.4) is 0 Å². The maximum atomic E-state index is 11.1. The maximum Gasteiger partial charge on any atom is 0.252 e. The Balaban J connectivity index is 1.53. The second kappa shape index (κ2) is 2.87. The van der Waals surface area contributed by atoms with Gasteiger partial charge in [-0.05, 0) is 42.9 Å². The van der Waals surface area contributed by atoms with Crippen molar-refractivity contribution in [3.05, 3.63) is 22.7 Å². The quantitative estimate of drug-likeness (QED) is 0.783. The molecule has 2 N–H and O–H groups in total. The number of nitrogens with zero attached hydrogens (tertiary/aromatic N) is 1. The summed E-state index contributed by atoms with van der Waals surface area (Å²) >= 11 is 0. The van der Waals surface area contributed by atoms with Gasteiger partial charge in [-0.2, -0.15) is 0 Å². The summed E-state index contributed by atoms with van der Waals surface area (Å²) in [5.41, 5.74) is -0.0775. The Morgan fingerprint density at radius 1 is 1.31 bits per heavy atom. The van der Waals surface area contributed by atoms with Crippen molar-refractivity contribution in [3.63, 3.8) is 0 Å². The first-order chi connectivity index (χ1) is 7.83. The fraction of sp³-hybridized carbons (Fsp3) is 0.667. The second-order valence-electron chi connectivity index (χ2n) is 5.45. The molecule has 0 amide bonds. The minimum Gasteiger partial charge on any atom is -0.367 e. The van der Waals surface area contributed by atoms with Gasteiger partial charge in [0.2, 0.25) is 0 Å². The molecule has 1 aromatic heterocycles. The lowest BCUT2D eigenvalue weighted by Crippen LogP contribution is -2.16. The largest absolute Gasteiger partial charge is 0.367 e. The number of fused-ring (bicyclic) bond motifs is 5. The highest BCUT2D eigenvalue weighted by Gasteiger charge is 2.65. The van der Waals surface area contributed by atoms with Gasteiger partial charge in [0.25, 0.3) is 5.56 Å². The zero-order valence-corrected chi connectivity index (χ0v) is 9.02. The molecule has 3 aliphatic carbocycles. The molecular formula is C12H15N3O. The van der Waals surface area contributed by atoms with Crippen LogP contribution < -0.4 is 10.9 Å². The summed E-state index contributed by atoms with van der Waals surface area (Å²) in [5.74, 6) is 4.39. The van der Waals surface area contributed by atoms with Crippen molar-refractivity contribution in [2.45, 2.75) is 25.3 Å².